The minimum atomic E-state index is -0.990. The van der Waals surface area contributed by atoms with Gasteiger partial charge in [0.2, 0.25) is 0 Å². The lowest BCUT2D eigenvalue weighted by atomic mass is 10.00. The lowest BCUT2D eigenvalue weighted by molar-refractivity contribution is 0.0696. The van der Waals surface area contributed by atoms with Gasteiger partial charge in [-0.3, -0.25) is 4.79 Å². The van der Waals surface area contributed by atoms with E-state index in [4.69, 9.17) is 0 Å². The molecule has 7 heteroatoms. The lowest BCUT2D eigenvalue weighted by Crippen LogP contribution is -2.27. The highest BCUT2D eigenvalue weighted by Crippen LogP contribution is 2.27. The highest BCUT2D eigenvalue weighted by molar-refractivity contribution is 6.02. The summed E-state index contributed by atoms with van der Waals surface area (Å²) < 4.78 is 1.68. The Morgan fingerprint density at radius 2 is 1.57 bits per heavy atom. The van der Waals surface area contributed by atoms with Crippen molar-refractivity contribution in [3.05, 3.63) is 137 Å². The molecule has 40 heavy (non-hydrogen) atoms. The largest absolute Gasteiger partial charge is 0.478 e. The lowest BCUT2D eigenvalue weighted by Gasteiger charge is -2.16. The second kappa shape index (κ2) is 10.5. The van der Waals surface area contributed by atoms with Crippen LogP contribution < -0.4 is 5.32 Å². The molecule has 6 aromatic rings. The average Bonchev–Trinajstić information content (AvgIpc) is 3.39. The van der Waals surface area contributed by atoms with E-state index in [2.05, 4.69) is 46.0 Å². The van der Waals surface area contributed by atoms with Gasteiger partial charge in [-0.2, -0.15) is 0 Å². The number of carboxylic acids is 1. The summed E-state index contributed by atoms with van der Waals surface area (Å²) in [6, 6.07) is 32.4. The SMILES string of the molecule is C[C@H](NC(=O)c1cc(-c2ccccc2)cn2nnc(Cc3ccc4ccccc4c3)c12)c1ccc(C(=O)O)cc1. The summed E-state index contributed by atoms with van der Waals surface area (Å²) in [6.45, 7) is 1.87. The van der Waals surface area contributed by atoms with Gasteiger partial charge < -0.3 is 10.4 Å². The molecule has 1 amide bonds. The Hall–Kier alpha value is -5.30. The molecule has 0 bridgehead atoms. The molecule has 0 aliphatic heterocycles. The van der Waals surface area contributed by atoms with Crippen LogP contribution in [0.1, 0.15) is 50.5 Å². The minimum absolute atomic E-state index is 0.197. The zero-order valence-corrected chi connectivity index (χ0v) is 21.8. The fraction of sp³-hybridized carbons (Fsp3) is 0.0909. The van der Waals surface area contributed by atoms with Gasteiger partial charge in [0.1, 0.15) is 5.52 Å². The van der Waals surface area contributed by atoms with Crippen LogP contribution in [0.25, 0.3) is 27.4 Å². The van der Waals surface area contributed by atoms with Gasteiger partial charge in [-0.05, 0) is 52.6 Å². The maximum atomic E-state index is 13.8. The zero-order valence-electron chi connectivity index (χ0n) is 21.8. The standard InChI is InChI=1S/C33H26N4O3/c1-21(23-13-15-26(16-14-23)33(39)40)34-32(38)29-19-28(24-7-3-2-4-8-24)20-37-31(29)30(35-36-37)18-22-11-12-25-9-5-6-10-27(25)17-22/h2-17,19-21H,18H2,1H3,(H,34,38)(H,39,40)/t21-/m0/s1. The molecule has 1 atom stereocenters. The molecule has 0 saturated heterocycles. The number of rotatable bonds is 7. The van der Waals surface area contributed by atoms with Crippen LogP contribution >= 0.6 is 0 Å². The van der Waals surface area contributed by atoms with E-state index >= 15 is 0 Å². The van der Waals surface area contributed by atoms with Gasteiger partial charge in [0, 0.05) is 18.2 Å². The fourth-order valence-corrected chi connectivity index (χ4v) is 4.98. The zero-order chi connectivity index (χ0) is 27.6. The molecule has 0 saturated carbocycles. The number of fused-ring (bicyclic) bond motifs is 2. The second-order valence-electron chi connectivity index (χ2n) is 9.82. The molecule has 7 nitrogen and oxygen atoms in total. The number of carboxylic acid groups (broad SMARTS) is 1. The molecule has 6 rings (SSSR count). The minimum Gasteiger partial charge on any atom is -0.478 e. The quantitative estimate of drug-likeness (QED) is 0.253. The number of pyridine rings is 1. The molecule has 2 aromatic heterocycles. The Morgan fingerprint density at radius 1 is 0.850 bits per heavy atom. The number of nitrogens with zero attached hydrogens (tertiary/aromatic N) is 3. The van der Waals surface area contributed by atoms with Gasteiger partial charge in [-0.1, -0.05) is 90.1 Å². The Labute approximate surface area is 230 Å². The van der Waals surface area contributed by atoms with E-state index < -0.39 is 5.97 Å². The summed E-state index contributed by atoms with van der Waals surface area (Å²) >= 11 is 0. The smallest absolute Gasteiger partial charge is 0.335 e. The van der Waals surface area contributed by atoms with E-state index in [1.54, 1.807) is 16.6 Å². The third-order valence-corrected chi connectivity index (χ3v) is 7.12. The highest BCUT2D eigenvalue weighted by Gasteiger charge is 2.21. The maximum absolute atomic E-state index is 13.8. The molecule has 4 aromatic carbocycles. The van der Waals surface area contributed by atoms with E-state index in [1.807, 2.05) is 61.7 Å². The number of aromatic nitrogens is 3. The maximum Gasteiger partial charge on any atom is 0.335 e. The van der Waals surface area contributed by atoms with Gasteiger partial charge in [0.15, 0.2) is 0 Å². The number of hydrogen-bond donors (Lipinski definition) is 2. The predicted octanol–water partition coefficient (Wildman–Crippen LogP) is 6.33. The van der Waals surface area contributed by atoms with Crippen molar-refractivity contribution in [3.8, 4) is 11.1 Å². The molecule has 2 N–H and O–H groups in total. The Morgan fingerprint density at radius 3 is 2.33 bits per heavy atom. The first-order valence-corrected chi connectivity index (χ1v) is 13.0. The van der Waals surface area contributed by atoms with Crippen LogP contribution in [0, 0.1) is 0 Å². The molecule has 0 radical (unpaired) electrons. The number of hydrogen-bond acceptors (Lipinski definition) is 4. The normalized spacial score (nSPS) is 11.9. The molecule has 196 valence electrons. The van der Waals surface area contributed by atoms with Gasteiger partial charge in [-0.15, -0.1) is 5.10 Å². The number of benzene rings is 4. The van der Waals surface area contributed by atoms with Crippen molar-refractivity contribution >= 4 is 28.2 Å². The van der Waals surface area contributed by atoms with Crippen molar-refractivity contribution in [1.29, 1.82) is 0 Å². The van der Waals surface area contributed by atoms with E-state index in [0.717, 1.165) is 33.0 Å². The summed E-state index contributed by atoms with van der Waals surface area (Å²) in [7, 11) is 0. The number of carbonyl (C=O) groups excluding carboxylic acids is 1. The molecule has 0 aliphatic carbocycles. The van der Waals surface area contributed by atoms with Crippen LogP contribution in [0.2, 0.25) is 0 Å². The van der Waals surface area contributed by atoms with Gasteiger partial charge in [0.25, 0.3) is 5.91 Å². The van der Waals surface area contributed by atoms with Crippen molar-refractivity contribution in [2.75, 3.05) is 0 Å². The molecule has 0 unspecified atom stereocenters. The van der Waals surface area contributed by atoms with Crippen molar-refractivity contribution in [2.45, 2.75) is 19.4 Å². The van der Waals surface area contributed by atoms with Crippen LogP contribution in [0.4, 0.5) is 0 Å². The van der Waals surface area contributed by atoms with Gasteiger partial charge >= 0.3 is 5.97 Å². The summed E-state index contributed by atoms with van der Waals surface area (Å²) in [5.74, 6) is -1.25. The summed E-state index contributed by atoms with van der Waals surface area (Å²) in [6.07, 6.45) is 2.41. The number of nitrogens with one attached hydrogen (secondary N) is 1. The number of aromatic carboxylic acids is 1. The van der Waals surface area contributed by atoms with Crippen molar-refractivity contribution in [1.82, 2.24) is 20.1 Å². The van der Waals surface area contributed by atoms with E-state index in [0.29, 0.717) is 23.2 Å². The van der Waals surface area contributed by atoms with Crippen molar-refractivity contribution < 1.29 is 14.7 Å². The van der Waals surface area contributed by atoms with Gasteiger partial charge in [-0.25, -0.2) is 9.31 Å². The van der Waals surface area contributed by atoms with E-state index in [9.17, 15) is 14.7 Å². The van der Waals surface area contributed by atoms with Crippen molar-refractivity contribution in [2.24, 2.45) is 0 Å². The summed E-state index contributed by atoms with van der Waals surface area (Å²) in [5, 5.41) is 23.5. The molecular weight excluding hydrogens is 500 g/mol. The number of amides is 1. The van der Waals surface area contributed by atoms with Gasteiger partial charge in [0.05, 0.1) is 22.9 Å². The third kappa shape index (κ3) is 4.92. The van der Waals surface area contributed by atoms with Crippen LogP contribution in [-0.2, 0) is 6.42 Å². The van der Waals surface area contributed by atoms with E-state index in [-0.39, 0.29) is 17.5 Å². The molecular formula is C33H26N4O3. The van der Waals surface area contributed by atoms with Crippen LogP contribution in [0.5, 0.6) is 0 Å². The van der Waals surface area contributed by atoms with Crippen LogP contribution in [-0.4, -0.2) is 31.8 Å². The van der Waals surface area contributed by atoms with E-state index in [1.165, 1.54) is 12.1 Å². The molecule has 0 spiro atoms. The molecule has 2 heterocycles. The number of carbonyl (C=O) groups is 2. The first kappa shape index (κ1) is 25.0. The Bertz CT molecular complexity index is 1860. The topological polar surface area (TPSA) is 96.6 Å². The third-order valence-electron chi connectivity index (χ3n) is 7.12. The van der Waals surface area contributed by atoms with Crippen LogP contribution in [0.3, 0.4) is 0 Å². The monoisotopic (exact) mass is 526 g/mol. The fourth-order valence-electron chi connectivity index (χ4n) is 4.98. The first-order valence-electron chi connectivity index (χ1n) is 13.0. The Balaban J connectivity index is 1.39. The highest BCUT2D eigenvalue weighted by atomic mass is 16.4. The first-order chi connectivity index (χ1) is 19.5. The summed E-state index contributed by atoms with van der Waals surface area (Å²) in [5.41, 5.74) is 5.71. The Kier molecular flexibility index (Phi) is 6.54. The average molecular weight is 527 g/mol. The predicted molar refractivity (Wildman–Crippen MR) is 154 cm³/mol. The second-order valence-corrected chi connectivity index (χ2v) is 9.82. The molecule has 0 aliphatic rings. The van der Waals surface area contributed by atoms with Crippen LogP contribution in [0.15, 0.2) is 109 Å². The molecule has 0 fully saturated rings. The summed E-state index contributed by atoms with van der Waals surface area (Å²) in [4.78, 5) is 25.0. The van der Waals surface area contributed by atoms with Crippen molar-refractivity contribution in [3.63, 3.8) is 0 Å².